The van der Waals surface area contributed by atoms with E-state index in [9.17, 15) is 0 Å². The van der Waals surface area contributed by atoms with Gasteiger partial charge in [0.05, 0.1) is 13.7 Å². The van der Waals surface area contributed by atoms with Crippen molar-refractivity contribution in [2.75, 3.05) is 26.8 Å². The van der Waals surface area contributed by atoms with Gasteiger partial charge in [-0.05, 0) is 31.0 Å². The summed E-state index contributed by atoms with van der Waals surface area (Å²) in [4.78, 5) is 0. The Kier molecular flexibility index (Phi) is 2.48. The highest BCUT2D eigenvalue weighted by molar-refractivity contribution is 5.48. The summed E-state index contributed by atoms with van der Waals surface area (Å²) in [6, 6.07) is 6.09. The lowest BCUT2D eigenvalue weighted by Gasteiger charge is -2.18. The van der Waals surface area contributed by atoms with Gasteiger partial charge in [-0.15, -0.1) is 0 Å². The van der Waals surface area contributed by atoms with Gasteiger partial charge in [-0.2, -0.15) is 0 Å². The van der Waals surface area contributed by atoms with Crippen LogP contribution in [0.5, 0.6) is 11.5 Å². The Labute approximate surface area is 95.8 Å². The minimum atomic E-state index is 0.550. The molecule has 0 aliphatic carbocycles. The van der Waals surface area contributed by atoms with Gasteiger partial charge in [-0.25, -0.2) is 0 Å². The van der Waals surface area contributed by atoms with Crippen molar-refractivity contribution >= 4 is 0 Å². The van der Waals surface area contributed by atoms with Crippen molar-refractivity contribution in [3.63, 3.8) is 0 Å². The van der Waals surface area contributed by atoms with Crippen molar-refractivity contribution in [2.24, 2.45) is 5.92 Å². The van der Waals surface area contributed by atoms with Gasteiger partial charge < -0.3 is 14.8 Å². The van der Waals surface area contributed by atoms with Crippen molar-refractivity contribution in [1.82, 2.24) is 5.32 Å². The zero-order valence-electron chi connectivity index (χ0n) is 9.53. The molecule has 0 spiro atoms. The summed E-state index contributed by atoms with van der Waals surface area (Å²) in [5.41, 5.74) is 1.26. The highest BCUT2D eigenvalue weighted by Crippen LogP contribution is 2.43. The Bertz CT molecular complexity index is 392. The largest absolute Gasteiger partial charge is 0.496 e. The highest BCUT2D eigenvalue weighted by atomic mass is 16.5. The Morgan fingerprint density at radius 1 is 1.38 bits per heavy atom. The van der Waals surface area contributed by atoms with E-state index in [1.807, 2.05) is 12.1 Å². The van der Waals surface area contributed by atoms with E-state index in [0.717, 1.165) is 37.6 Å². The summed E-state index contributed by atoms with van der Waals surface area (Å²) in [5.74, 6) is 3.22. The lowest BCUT2D eigenvalue weighted by atomic mass is 9.87. The van der Waals surface area contributed by atoms with Crippen LogP contribution in [-0.2, 0) is 0 Å². The predicted molar refractivity (Wildman–Crippen MR) is 62.2 cm³/mol. The van der Waals surface area contributed by atoms with Crippen molar-refractivity contribution < 1.29 is 9.47 Å². The van der Waals surface area contributed by atoms with Gasteiger partial charge in [0.2, 0.25) is 0 Å². The average molecular weight is 219 g/mol. The molecule has 1 aromatic carbocycles. The maximum Gasteiger partial charge on any atom is 0.126 e. The van der Waals surface area contributed by atoms with Gasteiger partial charge in [-0.3, -0.25) is 0 Å². The monoisotopic (exact) mass is 219 g/mol. The Morgan fingerprint density at radius 2 is 2.31 bits per heavy atom. The van der Waals surface area contributed by atoms with E-state index in [1.54, 1.807) is 7.11 Å². The van der Waals surface area contributed by atoms with E-state index in [1.165, 1.54) is 5.56 Å². The van der Waals surface area contributed by atoms with E-state index < -0.39 is 0 Å². The lowest BCUT2D eigenvalue weighted by Crippen LogP contribution is -2.11. The fourth-order valence-electron chi connectivity index (χ4n) is 2.89. The first-order chi connectivity index (χ1) is 7.90. The summed E-state index contributed by atoms with van der Waals surface area (Å²) >= 11 is 0. The molecule has 0 radical (unpaired) electrons. The van der Waals surface area contributed by atoms with Gasteiger partial charge in [0.1, 0.15) is 11.5 Å². The molecule has 0 unspecified atom stereocenters. The third-order valence-corrected chi connectivity index (χ3v) is 3.70. The standard InChI is InChI=1S/C13H17NO2/c1-15-11-3-2-4-12-13(11)10-8-14-7-9(10)5-6-16-12/h2-4,9-10,14H,5-8H2,1H3/t9-,10-/m1/s1. The van der Waals surface area contributed by atoms with Gasteiger partial charge in [0.25, 0.3) is 0 Å². The summed E-state index contributed by atoms with van der Waals surface area (Å²) in [5, 5.41) is 3.47. The number of fused-ring (bicyclic) bond motifs is 3. The van der Waals surface area contributed by atoms with Crippen LogP contribution in [0.3, 0.4) is 0 Å². The molecule has 3 nitrogen and oxygen atoms in total. The number of nitrogens with one attached hydrogen (secondary N) is 1. The molecule has 0 saturated carbocycles. The molecule has 0 aromatic heterocycles. The molecular formula is C13H17NO2. The average Bonchev–Trinajstić information content (AvgIpc) is 2.70. The third-order valence-electron chi connectivity index (χ3n) is 3.70. The summed E-state index contributed by atoms with van der Waals surface area (Å²) in [6.07, 6.45) is 1.13. The van der Waals surface area contributed by atoms with Crippen LogP contribution in [-0.4, -0.2) is 26.8 Å². The molecule has 0 bridgehead atoms. The number of rotatable bonds is 1. The number of hydrogen-bond acceptors (Lipinski definition) is 3. The van der Waals surface area contributed by atoms with Crippen LogP contribution in [0.2, 0.25) is 0 Å². The minimum Gasteiger partial charge on any atom is -0.496 e. The quantitative estimate of drug-likeness (QED) is 0.781. The molecule has 86 valence electrons. The second kappa shape index (κ2) is 3.98. The predicted octanol–water partition coefficient (Wildman–Crippen LogP) is 1.78. The zero-order chi connectivity index (χ0) is 11.0. The fraction of sp³-hybridized carbons (Fsp3) is 0.538. The SMILES string of the molecule is COc1cccc2c1[C@@H]1CNC[C@H]1CCO2. The molecule has 2 aliphatic heterocycles. The van der Waals surface area contributed by atoms with Gasteiger partial charge in [0.15, 0.2) is 0 Å². The third kappa shape index (κ3) is 1.47. The van der Waals surface area contributed by atoms with E-state index in [2.05, 4.69) is 11.4 Å². The molecule has 1 aromatic rings. The van der Waals surface area contributed by atoms with Crippen LogP contribution in [0, 0.1) is 5.92 Å². The first-order valence-corrected chi connectivity index (χ1v) is 5.90. The van der Waals surface area contributed by atoms with Gasteiger partial charge in [-0.1, -0.05) is 6.07 Å². The van der Waals surface area contributed by atoms with E-state index in [4.69, 9.17) is 9.47 Å². The molecule has 2 heterocycles. The summed E-state index contributed by atoms with van der Waals surface area (Å²) in [6.45, 7) is 2.97. The molecule has 2 atom stereocenters. The van der Waals surface area contributed by atoms with Crippen LogP contribution in [0.25, 0.3) is 0 Å². The molecule has 0 amide bonds. The first-order valence-electron chi connectivity index (χ1n) is 5.90. The number of ether oxygens (including phenoxy) is 2. The van der Waals surface area contributed by atoms with Crippen molar-refractivity contribution in [1.29, 1.82) is 0 Å². The molecule has 3 rings (SSSR count). The van der Waals surface area contributed by atoms with Crippen molar-refractivity contribution in [2.45, 2.75) is 12.3 Å². The number of hydrogen-bond donors (Lipinski definition) is 1. The maximum absolute atomic E-state index is 5.82. The topological polar surface area (TPSA) is 30.5 Å². The highest BCUT2D eigenvalue weighted by Gasteiger charge is 2.34. The zero-order valence-corrected chi connectivity index (χ0v) is 9.53. The summed E-state index contributed by atoms with van der Waals surface area (Å²) < 4.78 is 11.3. The Hall–Kier alpha value is -1.22. The van der Waals surface area contributed by atoms with E-state index in [0.29, 0.717) is 11.8 Å². The number of methoxy groups -OCH3 is 1. The molecule has 1 fully saturated rings. The van der Waals surface area contributed by atoms with Crippen LogP contribution in [0.4, 0.5) is 0 Å². The van der Waals surface area contributed by atoms with Crippen molar-refractivity contribution in [3.8, 4) is 11.5 Å². The van der Waals surface area contributed by atoms with Gasteiger partial charge >= 0.3 is 0 Å². The smallest absolute Gasteiger partial charge is 0.126 e. The molecule has 1 saturated heterocycles. The molecule has 2 aliphatic rings. The lowest BCUT2D eigenvalue weighted by molar-refractivity contribution is 0.296. The second-order valence-electron chi connectivity index (χ2n) is 4.53. The van der Waals surface area contributed by atoms with Crippen LogP contribution in [0.1, 0.15) is 17.9 Å². The van der Waals surface area contributed by atoms with E-state index >= 15 is 0 Å². The Morgan fingerprint density at radius 3 is 3.19 bits per heavy atom. The molecule has 1 N–H and O–H groups in total. The Balaban J connectivity index is 2.10. The van der Waals surface area contributed by atoms with Gasteiger partial charge in [0, 0.05) is 18.0 Å². The van der Waals surface area contributed by atoms with Crippen LogP contribution < -0.4 is 14.8 Å². The molecule has 3 heteroatoms. The fourth-order valence-corrected chi connectivity index (χ4v) is 2.89. The maximum atomic E-state index is 5.82. The minimum absolute atomic E-state index is 0.550. The normalized spacial score (nSPS) is 27.6. The molecule has 16 heavy (non-hydrogen) atoms. The number of benzene rings is 1. The first kappa shape index (κ1) is 9.97. The van der Waals surface area contributed by atoms with E-state index in [-0.39, 0.29) is 0 Å². The second-order valence-corrected chi connectivity index (χ2v) is 4.53. The summed E-state index contributed by atoms with van der Waals surface area (Å²) in [7, 11) is 1.73. The van der Waals surface area contributed by atoms with Crippen LogP contribution >= 0.6 is 0 Å². The van der Waals surface area contributed by atoms with Crippen molar-refractivity contribution in [3.05, 3.63) is 23.8 Å². The molecular weight excluding hydrogens is 202 g/mol. The van der Waals surface area contributed by atoms with Crippen LogP contribution in [0.15, 0.2) is 18.2 Å².